The molecule has 1 saturated carbocycles. The fraction of sp³-hybridized carbons (Fsp3) is 0.500. The van der Waals surface area contributed by atoms with Crippen molar-refractivity contribution in [1.82, 2.24) is 0 Å². The van der Waals surface area contributed by atoms with Gasteiger partial charge in [0, 0.05) is 12.6 Å². The predicted octanol–water partition coefficient (Wildman–Crippen LogP) is 2.71. The summed E-state index contributed by atoms with van der Waals surface area (Å²) in [5.74, 6) is 0.342. The maximum absolute atomic E-state index is 12.4. The van der Waals surface area contributed by atoms with Gasteiger partial charge in [0.25, 0.3) is 0 Å². The molecule has 4 nitrogen and oxygen atoms in total. The van der Waals surface area contributed by atoms with Crippen molar-refractivity contribution in [2.75, 3.05) is 17.2 Å². The molecule has 3 N–H and O–H groups in total. The minimum absolute atomic E-state index is 0.124. The zero-order valence-electron chi connectivity index (χ0n) is 10.3. The van der Waals surface area contributed by atoms with E-state index >= 15 is 0 Å². The van der Waals surface area contributed by atoms with E-state index in [1.807, 2.05) is 0 Å². The lowest BCUT2D eigenvalue weighted by Crippen LogP contribution is -2.41. The van der Waals surface area contributed by atoms with Gasteiger partial charge < -0.3 is 15.7 Å². The number of hydrogen-bond donors (Lipinski definition) is 3. The van der Waals surface area contributed by atoms with Gasteiger partial charge in [-0.25, -0.2) is 0 Å². The SMILES string of the molecule is O=C1Nc2ccc(O)cc2NCC12CCCCC2. The first kappa shape index (κ1) is 11.4. The van der Waals surface area contributed by atoms with Crippen LogP contribution in [0.1, 0.15) is 32.1 Å². The molecule has 4 heteroatoms. The average Bonchev–Trinajstić information content (AvgIpc) is 2.51. The normalized spacial score (nSPS) is 21.7. The lowest BCUT2D eigenvalue weighted by Gasteiger charge is -2.34. The van der Waals surface area contributed by atoms with Crippen molar-refractivity contribution in [2.45, 2.75) is 32.1 Å². The van der Waals surface area contributed by atoms with Crippen molar-refractivity contribution in [1.29, 1.82) is 0 Å². The van der Waals surface area contributed by atoms with E-state index in [2.05, 4.69) is 10.6 Å². The minimum Gasteiger partial charge on any atom is -0.508 e. The molecule has 1 spiro atoms. The third-order valence-electron chi connectivity index (χ3n) is 4.16. The largest absolute Gasteiger partial charge is 0.508 e. The van der Waals surface area contributed by atoms with Crippen molar-refractivity contribution >= 4 is 17.3 Å². The molecule has 1 aliphatic heterocycles. The molecule has 0 aromatic heterocycles. The van der Waals surface area contributed by atoms with Gasteiger partial charge in [-0.2, -0.15) is 0 Å². The molecule has 0 unspecified atom stereocenters. The standard InChI is InChI=1S/C14H18N2O2/c17-10-4-5-11-12(8-10)15-9-14(13(18)16-11)6-2-1-3-7-14/h4-5,8,15,17H,1-3,6-7,9H2,(H,16,18). The molecule has 1 amide bonds. The third kappa shape index (κ3) is 1.82. The Morgan fingerprint density at radius 1 is 1.11 bits per heavy atom. The number of fused-ring (bicyclic) bond motifs is 1. The van der Waals surface area contributed by atoms with E-state index in [-0.39, 0.29) is 17.1 Å². The lowest BCUT2D eigenvalue weighted by atomic mass is 9.73. The highest BCUT2D eigenvalue weighted by Crippen LogP contribution is 2.41. The number of carbonyl (C=O) groups is 1. The zero-order chi connectivity index (χ0) is 12.6. The Morgan fingerprint density at radius 3 is 2.67 bits per heavy atom. The van der Waals surface area contributed by atoms with Crippen LogP contribution in [0.5, 0.6) is 5.75 Å². The van der Waals surface area contributed by atoms with Crippen molar-refractivity contribution in [3.05, 3.63) is 18.2 Å². The van der Waals surface area contributed by atoms with Gasteiger partial charge in [0.15, 0.2) is 0 Å². The number of phenols is 1. The van der Waals surface area contributed by atoms with Crippen LogP contribution >= 0.6 is 0 Å². The quantitative estimate of drug-likeness (QED) is 0.617. The van der Waals surface area contributed by atoms with Gasteiger partial charge in [-0.1, -0.05) is 19.3 Å². The Hall–Kier alpha value is -1.71. The van der Waals surface area contributed by atoms with Gasteiger partial charge in [-0.05, 0) is 25.0 Å². The molecule has 96 valence electrons. The molecule has 1 aromatic rings. The predicted molar refractivity (Wildman–Crippen MR) is 70.7 cm³/mol. The molecule has 2 aliphatic rings. The molecule has 0 atom stereocenters. The summed E-state index contributed by atoms with van der Waals surface area (Å²) in [7, 11) is 0. The molecule has 0 bridgehead atoms. The third-order valence-corrected chi connectivity index (χ3v) is 4.16. The van der Waals surface area contributed by atoms with Crippen LogP contribution in [0.25, 0.3) is 0 Å². The van der Waals surface area contributed by atoms with E-state index < -0.39 is 0 Å². The fourth-order valence-electron chi connectivity index (χ4n) is 3.02. The number of amides is 1. The van der Waals surface area contributed by atoms with E-state index in [0.29, 0.717) is 6.54 Å². The highest BCUT2D eigenvalue weighted by atomic mass is 16.3. The molecule has 1 heterocycles. The van der Waals surface area contributed by atoms with E-state index in [1.54, 1.807) is 18.2 Å². The maximum atomic E-state index is 12.4. The first-order chi connectivity index (χ1) is 8.70. The van der Waals surface area contributed by atoms with E-state index in [9.17, 15) is 9.90 Å². The number of benzene rings is 1. The number of anilines is 2. The molecule has 0 saturated heterocycles. The Bertz CT molecular complexity index is 479. The van der Waals surface area contributed by atoms with Crippen LogP contribution in [-0.4, -0.2) is 17.6 Å². The van der Waals surface area contributed by atoms with Crippen LogP contribution < -0.4 is 10.6 Å². The zero-order valence-corrected chi connectivity index (χ0v) is 10.3. The number of nitrogens with one attached hydrogen (secondary N) is 2. The Morgan fingerprint density at radius 2 is 1.89 bits per heavy atom. The molecule has 1 aliphatic carbocycles. The van der Waals surface area contributed by atoms with Crippen molar-refractivity contribution < 1.29 is 9.90 Å². The second kappa shape index (κ2) is 4.19. The molecular formula is C14H18N2O2. The second-order valence-corrected chi connectivity index (χ2v) is 5.38. The Balaban J connectivity index is 1.92. The van der Waals surface area contributed by atoms with Gasteiger partial charge >= 0.3 is 0 Å². The summed E-state index contributed by atoms with van der Waals surface area (Å²) in [5, 5.41) is 15.8. The van der Waals surface area contributed by atoms with Crippen LogP contribution in [0.3, 0.4) is 0 Å². The summed E-state index contributed by atoms with van der Waals surface area (Å²) in [5.41, 5.74) is 1.30. The monoisotopic (exact) mass is 246 g/mol. The molecule has 0 radical (unpaired) electrons. The van der Waals surface area contributed by atoms with Crippen LogP contribution in [0.4, 0.5) is 11.4 Å². The van der Waals surface area contributed by atoms with Crippen LogP contribution in [0.2, 0.25) is 0 Å². The average molecular weight is 246 g/mol. The number of aromatic hydroxyl groups is 1. The lowest BCUT2D eigenvalue weighted by molar-refractivity contribution is -0.126. The summed E-state index contributed by atoms with van der Waals surface area (Å²) in [6.45, 7) is 0.662. The first-order valence-corrected chi connectivity index (χ1v) is 6.58. The molecule has 18 heavy (non-hydrogen) atoms. The molecular weight excluding hydrogens is 228 g/mol. The summed E-state index contributed by atoms with van der Waals surface area (Å²) >= 11 is 0. The van der Waals surface area contributed by atoms with Crippen molar-refractivity contribution in [2.24, 2.45) is 5.41 Å². The Kier molecular flexibility index (Phi) is 2.65. The Labute approximate surface area is 106 Å². The van der Waals surface area contributed by atoms with E-state index in [0.717, 1.165) is 37.1 Å². The number of phenolic OH excluding ortho intramolecular Hbond substituents is 1. The van der Waals surface area contributed by atoms with Gasteiger partial charge in [0.1, 0.15) is 5.75 Å². The smallest absolute Gasteiger partial charge is 0.232 e. The topological polar surface area (TPSA) is 61.4 Å². The van der Waals surface area contributed by atoms with Crippen molar-refractivity contribution in [3.8, 4) is 5.75 Å². The van der Waals surface area contributed by atoms with Gasteiger partial charge in [0.05, 0.1) is 16.8 Å². The van der Waals surface area contributed by atoms with Gasteiger partial charge in [-0.3, -0.25) is 4.79 Å². The highest BCUT2D eigenvalue weighted by Gasteiger charge is 2.41. The molecule has 1 aromatic carbocycles. The molecule has 3 rings (SSSR count). The number of carbonyl (C=O) groups excluding carboxylic acids is 1. The van der Waals surface area contributed by atoms with Crippen LogP contribution in [-0.2, 0) is 4.79 Å². The summed E-state index contributed by atoms with van der Waals surface area (Å²) in [4.78, 5) is 12.4. The van der Waals surface area contributed by atoms with E-state index in [4.69, 9.17) is 0 Å². The maximum Gasteiger partial charge on any atom is 0.232 e. The van der Waals surface area contributed by atoms with Crippen molar-refractivity contribution in [3.63, 3.8) is 0 Å². The highest BCUT2D eigenvalue weighted by molar-refractivity contribution is 6.00. The van der Waals surface area contributed by atoms with Gasteiger partial charge in [0.2, 0.25) is 5.91 Å². The first-order valence-electron chi connectivity index (χ1n) is 6.58. The minimum atomic E-state index is -0.271. The van der Waals surface area contributed by atoms with Crippen LogP contribution in [0, 0.1) is 5.41 Å². The fourth-order valence-corrected chi connectivity index (χ4v) is 3.02. The van der Waals surface area contributed by atoms with Gasteiger partial charge in [-0.15, -0.1) is 0 Å². The number of rotatable bonds is 0. The summed E-state index contributed by atoms with van der Waals surface area (Å²) in [6, 6.07) is 5.01. The second-order valence-electron chi connectivity index (χ2n) is 5.38. The molecule has 1 fully saturated rings. The van der Waals surface area contributed by atoms with E-state index in [1.165, 1.54) is 6.42 Å². The summed E-state index contributed by atoms with van der Waals surface area (Å²) in [6.07, 6.45) is 5.37. The summed E-state index contributed by atoms with van der Waals surface area (Å²) < 4.78 is 0. The number of hydrogen-bond acceptors (Lipinski definition) is 3. The van der Waals surface area contributed by atoms with Crippen LogP contribution in [0.15, 0.2) is 18.2 Å².